The quantitative estimate of drug-likeness (QED) is 0.916. The fourth-order valence-corrected chi connectivity index (χ4v) is 2.56. The summed E-state index contributed by atoms with van der Waals surface area (Å²) in [4.78, 5) is 15.9. The number of aryl methyl sites for hydroxylation is 1. The van der Waals surface area contributed by atoms with Gasteiger partial charge in [-0.3, -0.25) is 9.78 Å². The summed E-state index contributed by atoms with van der Waals surface area (Å²) in [5.41, 5.74) is 6.91. The third kappa shape index (κ3) is 2.58. The molecule has 2 rings (SSSR count). The van der Waals surface area contributed by atoms with E-state index in [-0.39, 0.29) is 4.90 Å². The van der Waals surface area contributed by atoms with Gasteiger partial charge in [-0.2, -0.15) is 0 Å². The maximum absolute atomic E-state index is 11.5. The van der Waals surface area contributed by atoms with Crippen molar-refractivity contribution in [2.45, 2.75) is 18.2 Å². The summed E-state index contributed by atoms with van der Waals surface area (Å²) >= 11 is 0. The van der Waals surface area contributed by atoms with Crippen molar-refractivity contribution >= 4 is 26.6 Å². The van der Waals surface area contributed by atoms with E-state index in [1.165, 1.54) is 12.1 Å². The molecule has 0 aliphatic carbocycles. The number of hydrogen-bond acceptors (Lipinski definition) is 4. The van der Waals surface area contributed by atoms with Crippen molar-refractivity contribution in [3.63, 3.8) is 0 Å². The van der Waals surface area contributed by atoms with E-state index in [9.17, 15) is 13.2 Å². The van der Waals surface area contributed by atoms with Crippen LogP contribution in [0.25, 0.3) is 10.9 Å². The maximum Gasteiger partial charge on any atom is 0.250 e. The van der Waals surface area contributed by atoms with E-state index in [2.05, 4.69) is 4.98 Å². The van der Waals surface area contributed by atoms with Crippen molar-refractivity contribution in [3.05, 3.63) is 35.5 Å². The average Bonchev–Trinajstić information content (AvgIpc) is 2.35. The molecule has 100 valence electrons. The van der Waals surface area contributed by atoms with Gasteiger partial charge in [-0.05, 0) is 30.7 Å². The van der Waals surface area contributed by atoms with E-state index in [0.29, 0.717) is 28.6 Å². The summed E-state index contributed by atoms with van der Waals surface area (Å²) < 4.78 is 23.0. The lowest BCUT2D eigenvalue weighted by molar-refractivity contribution is 0.0999. The van der Waals surface area contributed by atoms with E-state index < -0.39 is 15.7 Å². The smallest absolute Gasteiger partial charge is 0.250 e. The Balaban J connectivity index is 2.76. The number of benzene rings is 1. The van der Waals surface area contributed by atoms with Gasteiger partial charge in [0, 0.05) is 11.6 Å². The van der Waals surface area contributed by atoms with Crippen molar-refractivity contribution in [1.29, 1.82) is 0 Å². The number of hydrogen-bond donors (Lipinski definition) is 1. The highest BCUT2D eigenvalue weighted by Gasteiger charge is 2.13. The van der Waals surface area contributed by atoms with Crippen LogP contribution in [0.15, 0.2) is 29.2 Å². The molecule has 0 spiro atoms. The first-order chi connectivity index (χ1) is 8.82. The Morgan fingerprint density at radius 1 is 1.32 bits per heavy atom. The number of primary amides is 1. The minimum absolute atomic E-state index is 0.196. The average molecular weight is 278 g/mol. The molecule has 0 unspecified atom stereocenters. The molecule has 1 aromatic heterocycles. The molecule has 0 aliphatic heterocycles. The van der Waals surface area contributed by atoms with Gasteiger partial charge in [-0.1, -0.05) is 6.92 Å². The molecule has 0 atom stereocenters. The molecule has 5 nitrogen and oxygen atoms in total. The third-order valence-electron chi connectivity index (χ3n) is 2.89. The lowest BCUT2D eigenvalue weighted by atomic mass is 10.1. The maximum atomic E-state index is 11.5. The summed E-state index contributed by atoms with van der Waals surface area (Å²) in [6.45, 7) is 1.88. The molecule has 19 heavy (non-hydrogen) atoms. The molecule has 1 aromatic carbocycles. The highest BCUT2D eigenvalue weighted by Crippen LogP contribution is 2.21. The van der Waals surface area contributed by atoms with E-state index in [1.54, 1.807) is 12.1 Å². The highest BCUT2D eigenvalue weighted by atomic mass is 32.2. The van der Waals surface area contributed by atoms with Crippen LogP contribution in [0, 0.1) is 0 Å². The predicted molar refractivity (Wildman–Crippen MR) is 72.7 cm³/mol. The zero-order chi connectivity index (χ0) is 14.2. The molecule has 0 aliphatic rings. The number of nitrogens with two attached hydrogens (primary N) is 1. The molecule has 1 heterocycles. The van der Waals surface area contributed by atoms with Crippen LogP contribution in [0.3, 0.4) is 0 Å². The van der Waals surface area contributed by atoms with Crippen LogP contribution < -0.4 is 5.73 Å². The number of amides is 1. The molecule has 6 heteroatoms. The van der Waals surface area contributed by atoms with E-state index in [1.807, 2.05) is 6.92 Å². The molecule has 0 saturated heterocycles. The summed E-state index contributed by atoms with van der Waals surface area (Å²) in [5, 5.41) is 0.592. The standard InChI is InChI=1S/C13H14N2O3S/c1-3-11-10(13(14)16)7-8-6-9(19(2,17)18)4-5-12(8)15-11/h4-7H,3H2,1-2H3,(H2,14,16). The van der Waals surface area contributed by atoms with Gasteiger partial charge in [0.2, 0.25) is 0 Å². The van der Waals surface area contributed by atoms with E-state index in [0.717, 1.165) is 6.26 Å². The largest absolute Gasteiger partial charge is 0.366 e. The van der Waals surface area contributed by atoms with Crippen molar-refractivity contribution in [2.75, 3.05) is 6.26 Å². The Hall–Kier alpha value is -1.95. The minimum Gasteiger partial charge on any atom is -0.366 e. The Bertz CT molecular complexity index is 767. The number of sulfone groups is 1. The number of nitrogens with zero attached hydrogens (tertiary/aromatic N) is 1. The van der Waals surface area contributed by atoms with Crippen LogP contribution >= 0.6 is 0 Å². The summed E-state index contributed by atoms with van der Waals surface area (Å²) in [7, 11) is -3.29. The molecule has 0 bridgehead atoms. The minimum atomic E-state index is -3.29. The van der Waals surface area contributed by atoms with Gasteiger partial charge >= 0.3 is 0 Å². The monoisotopic (exact) mass is 278 g/mol. The van der Waals surface area contributed by atoms with Crippen molar-refractivity contribution in [3.8, 4) is 0 Å². The Morgan fingerprint density at radius 2 is 2.00 bits per heavy atom. The Kier molecular flexibility index (Phi) is 3.28. The second kappa shape index (κ2) is 4.62. The second-order valence-electron chi connectivity index (χ2n) is 4.33. The van der Waals surface area contributed by atoms with Gasteiger partial charge in [0.1, 0.15) is 0 Å². The molecule has 0 saturated carbocycles. The fraction of sp³-hybridized carbons (Fsp3) is 0.231. The zero-order valence-corrected chi connectivity index (χ0v) is 11.5. The number of pyridine rings is 1. The highest BCUT2D eigenvalue weighted by molar-refractivity contribution is 7.90. The summed E-state index contributed by atoms with van der Waals surface area (Å²) in [6, 6.07) is 6.24. The third-order valence-corrected chi connectivity index (χ3v) is 4.00. The zero-order valence-electron chi connectivity index (χ0n) is 10.7. The van der Waals surface area contributed by atoms with Gasteiger partial charge in [0.25, 0.3) is 5.91 Å². The van der Waals surface area contributed by atoms with Gasteiger partial charge in [0.15, 0.2) is 9.84 Å². The topological polar surface area (TPSA) is 90.1 Å². The Labute approximate surface area is 111 Å². The molecule has 0 fully saturated rings. The Morgan fingerprint density at radius 3 is 2.53 bits per heavy atom. The number of fused-ring (bicyclic) bond motifs is 1. The normalized spacial score (nSPS) is 11.7. The SMILES string of the molecule is CCc1nc2ccc(S(C)(=O)=O)cc2cc1C(N)=O. The second-order valence-corrected chi connectivity index (χ2v) is 6.34. The molecule has 2 N–H and O–H groups in total. The van der Waals surface area contributed by atoms with Crippen LogP contribution in [-0.2, 0) is 16.3 Å². The first-order valence-corrected chi connectivity index (χ1v) is 7.65. The van der Waals surface area contributed by atoms with Crippen LogP contribution in [0.1, 0.15) is 23.0 Å². The number of carbonyl (C=O) groups is 1. The van der Waals surface area contributed by atoms with E-state index in [4.69, 9.17) is 5.73 Å². The van der Waals surface area contributed by atoms with Gasteiger partial charge in [0.05, 0.1) is 21.7 Å². The molecule has 2 aromatic rings. The number of carbonyl (C=O) groups excluding carboxylic acids is 1. The van der Waals surface area contributed by atoms with Crippen LogP contribution in [-0.4, -0.2) is 25.6 Å². The molecule has 0 radical (unpaired) electrons. The number of rotatable bonds is 3. The summed E-state index contributed by atoms with van der Waals surface area (Å²) in [5.74, 6) is -0.559. The lowest BCUT2D eigenvalue weighted by Crippen LogP contribution is -2.14. The predicted octanol–water partition coefficient (Wildman–Crippen LogP) is 1.30. The first-order valence-electron chi connectivity index (χ1n) is 5.76. The molecular weight excluding hydrogens is 264 g/mol. The van der Waals surface area contributed by atoms with Crippen LogP contribution in [0.4, 0.5) is 0 Å². The number of aromatic nitrogens is 1. The van der Waals surface area contributed by atoms with Crippen molar-refractivity contribution < 1.29 is 13.2 Å². The van der Waals surface area contributed by atoms with Crippen molar-refractivity contribution in [2.24, 2.45) is 5.73 Å². The fourth-order valence-electron chi connectivity index (χ4n) is 1.91. The molecule has 1 amide bonds. The first kappa shape index (κ1) is 13.5. The van der Waals surface area contributed by atoms with E-state index >= 15 is 0 Å². The van der Waals surface area contributed by atoms with Crippen molar-refractivity contribution in [1.82, 2.24) is 4.98 Å². The molecular formula is C13H14N2O3S. The van der Waals surface area contributed by atoms with Gasteiger partial charge in [-0.15, -0.1) is 0 Å². The van der Waals surface area contributed by atoms with Crippen LogP contribution in [0.5, 0.6) is 0 Å². The van der Waals surface area contributed by atoms with Gasteiger partial charge in [-0.25, -0.2) is 8.42 Å². The lowest BCUT2D eigenvalue weighted by Gasteiger charge is -2.07. The summed E-state index contributed by atoms with van der Waals surface area (Å²) in [6.07, 6.45) is 1.72. The van der Waals surface area contributed by atoms with Gasteiger partial charge < -0.3 is 5.73 Å². The van der Waals surface area contributed by atoms with Crippen LogP contribution in [0.2, 0.25) is 0 Å².